The van der Waals surface area contributed by atoms with Gasteiger partial charge in [-0.15, -0.1) is 0 Å². The zero-order valence-electron chi connectivity index (χ0n) is 18.6. The largest absolute Gasteiger partial charge is 0.340 e. The summed E-state index contributed by atoms with van der Waals surface area (Å²) >= 11 is 7.51. The zero-order valence-corrected chi connectivity index (χ0v) is 20.2. The van der Waals surface area contributed by atoms with E-state index in [1.54, 1.807) is 18.2 Å². The molecule has 1 saturated heterocycles. The van der Waals surface area contributed by atoms with Gasteiger partial charge in [-0.1, -0.05) is 48.0 Å². The minimum absolute atomic E-state index is 0.191. The first-order valence-electron chi connectivity index (χ1n) is 10.8. The number of fused-ring (bicyclic) bond motifs is 1. The fourth-order valence-electron chi connectivity index (χ4n) is 4.04. The topological polar surface area (TPSA) is 46.4 Å². The van der Waals surface area contributed by atoms with Crippen molar-refractivity contribution in [1.82, 2.24) is 9.88 Å². The number of hydrogen-bond acceptors (Lipinski definition) is 3. The number of nitrogens with one attached hydrogen (secondary N) is 1. The fourth-order valence-corrected chi connectivity index (χ4v) is 5.04. The van der Waals surface area contributed by atoms with E-state index < -0.39 is 0 Å². The predicted molar refractivity (Wildman–Crippen MR) is 139 cm³/mol. The van der Waals surface area contributed by atoms with Gasteiger partial charge in [0.15, 0.2) is 5.17 Å². The maximum absolute atomic E-state index is 13.8. The molecule has 34 heavy (non-hydrogen) atoms. The van der Waals surface area contributed by atoms with E-state index in [-0.39, 0.29) is 11.7 Å². The van der Waals surface area contributed by atoms with Crippen LogP contribution in [0.1, 0.15) is 22.4 Å². The van der Waals surface area contributed by atoms with Crippen LogP contribution in [0.5, 0.6) is 0 Å². The third kappa shape index (κ3) is 4.39. The molecule has 1 aromatic heterocycles. The molecule has 4 nitrogen and oxygen atoms in total. The van der Waals surface area contributed by atoms with Gasteiger partial charge in [0.05, 0.1) is 10.6 Å². The maximum Gasteiger partial charge on any atom is 0.264 e. The van der Waals surface area contributed by atoms with Crippen LogP contribution in [0.2, 0.25) is 5.02 Å². The quantitative estimate of drug-likeness (QED) is 0.314. The lowest BCUT2D eigenvalue weighted by atomic mass is 10.1. The van der Waals surface area contributed by atoms with Crippen molar-refractivity contribution in [2.75, 3.05) is 0 Å². The van der Waals surface area contributed by atoms with Gasteiger partial charge in [0.1, 0.15) is 5.82 Å². The number of para-hydroxylation sites is 1. The van der Waals surface area contributed by atoms with E-state index in [9.17, 15) is 9.18 Å². The van der Waals surface area contributed by atoms with Gasteiger partial charge in [0.2, 0.25) is 0 Å². The van der Waals surface area contributed by atoms with Gasteiger partial charge in [-0.3, -0.25) is 4.79 Å². The number of amidine groups is 1. The molecular formula is C27H21ClFN3OS. The lowest BCUT2D eigenvalue weighted by molar-refractivity contribution is -0.115. The van der Waals surface area contributed by atoms with Crippen molar-refractivity contribution in [2.45, 2.75) is 20.4 Å². The summed E-state index contributed by atoms with van der Waals surface area (Å²) in [6.07, 6.45) is 1.91. The molecule has 4 aromatic rings. The highest BCUT2D eigenvalue weighted by atomic mass is 35.5. The molecule has 1 aliphatic rings. The van der Waals surface area contributed by atoms with Gasteiger partial charge >= 0.3 is 0 Å². The van der Waals surface area contributed by atoms with Crippen molar-refractivity contribution in [3.8, 4) is 0 Å². The van der Waals surface area contributed by atoms with Crippen molar-refractivity contribution in [2.24, 2.45) is 4.99 Å². The molecule has 170 valence electrons. The number of carbonyl (C=O) groups is 1. The Kier molecular flexibility index (Phi) is 6.02. The van der Waals surface area contributed by atoms with Gasteiger partial charge in [0.25, 0.3) is 5.91 Å². The molecule has 1 N–H and O–H groups in total. The van der Waals surface area contributed by atoms with Crippen molar-refractivity contribution in [3.63, 3.8) is 0 Å². The van der Waals surface area contributed by atoms with E-state index in [4.69, 9.17) is 11.6 Å². The summed E-state index contributed by atoms with van der Waals surface area (Å²) in [4.78, 5) is 17.8. The van der Waals surface area contributed by atoms with Crippen LogP contribution in [0.3, 0.4) is 0 Å². The lowest BCUT2D eigenvalue weighted by Gasteiger charge is -2.09. The molecule has 5 rings (SSSR count). The van der Waals surface area contributed by atoms with Gasteiger partial charge in [-0.25, -0.2) is 9.38 Å². The standard InChI is InChI=1S/C27H21ClFN3OS/c1-16-10-11-20(13-23(16)28)30-27-31-26(33)25(34-27)14-22-17(2)32(24-9-4-3-8-21(22)24)15-18-6-5-7-19(29)12-18/h3-14H,15H2,1-2H3,(H,30,31,33)/b25-14-. The number of aryl methyl sites for hydroxylation is 1. The molecule has 0 saturated carbocycles. The van der Waals surface area contributed by atoms with E-state index in [0.717, 1.165) is 33.3 Å². The van der Waals surface area contributed by atoms with Gasteiger partial charge in [-0.05, 0) is 73.1 Å². The maximum atomic E-state index is 13.8. The summed E-state index contributed by atoms with van der Waals surface area (Å²) in [6.45, 7) is 4.49. The number of rotatable bonds is 4. The normalized spacial score (nSPS) is 16.1. The molecule has 1 fully saturated rings. The van der Waals surface area contributed by atoms with Crippen LogP contribution in [0, 0.1) is 19.7 Å². The summed E-state index contributed by atoms with van der Waals surface area (Å²) in [5.74, 6) is -0.446. The Bertz CT molecular complexity index is 1510. The Balaban J connectivity index is 1.51. The average Bonchev–Trinajstić information content (AvgIpc) is 3.28. The highest BCUT2D eigenvalue weighted by molar-refractivity contribution is 8.18. The van der Waals surface area contributed by atoms with Crippen LogP contribution in [0.25, 0.3) is 17.0 Å². The number of nitrogens with zero attached hydrogens (tertiary/aromatic N) is 2. The summed E-state index contributed by atoms with van der Waals surface area (Å²) < 4.78 is 15.9. The number of benzene rings is 3. The van der Waals surface area contributed by atoms with Crippen molar-refractivity contribution in [3.05, 3.63) is 105 Å². The molecule has 3 aromatic carbocycles. The van der Waals surface area contributed by atoms with E-state index >= 15 is 0 Å². The molecule has 1 aliphatic heterocycles. The predicted octanol–water partition coefficient (Wildman–Crippen LogP) is 6.99. The Hall–Kier alpha value is -3.35. The lowest BCUT2D eigenvalue weighted by Crippen LogP contribution is -2.19. The van der Waals surface area contributed by atoms with Crippen LogP contribution in [-0.4, -0.2) is 15.6 Å². The number of amides is 1. The van der Waals surface area contributed by atoms with E-state index in [2.05, 4.69) is 14.9 Å². The third-order valence-electron chi connectivity index (χ3n) is 5.82. The molecule has 0 bridgehead atoms. The van der Waals surface area contributed by atoms with E-state index in [1.807, 2.05) is 62.4 Å². The zero-order chi connectivity index (χ0) is 23.8. The minimum atomic E-state index is -0.255. The third-order valence-corrected chi connectivity index (χ3v) is 7.14. The Labute approximate surface area is 206 Å². The van der Waals surface area contributed by atoms with Crippen LogP contribution in [0.15, 0.2) is 76.6 Å². The molecule has 0 spiro atoms. The van der Waals surface area contributed by atoms with Crippen molar-refractivity contribution >= 4 is 57.1 Å². The summed E-state index contributed by atoms with van der Waals surface area (Å²) in [5, 5.41) is 5.02. The smallest absolute Gasteiger partial charge is 0.264 e. The number of halogens is 2. The second kappa shape index (κ2) is 9.12. The number of hydrogen-bond donors (Lipinski definition) is 1. The molecule has 1 amide bonds. The molecular weight excluding hydrogens is 469 g/mol. The van der Waals surface area contributed by atoms with Crippen LogP contribution >= 0.6 is 23.4 Å². The minimum Gasteiger partial charge on any atom is -0.340 e. The van der Waals surface area contributed by atoms with Crippen molar-refractivity contribution < 1.29 is 9.18 Å². The Morgan fingerprint density at radius 3 is 2.71 bits per heavy atom. The average molecular weight is 490 g/mol. The monoisotopic (exact) mass is 489 g/mol. The Morgan fingerprint density at radius 1 is 1.09 bits per heavy atom. The van der Waals surface area contributed by atoms with Gasteiger partial charge in [0, 0.05) is 33.7 Å². The molecule has 2 heterocycles. The summed E-state index contributed by atoms with van der Waals surface area (Å²) in [7, 11) is 0. The number of aliphatic imine (C=N–C) groups is 1. The number of aromatic nitrogens is 1. The van der Waals surface area contributed by atoms with Crippen molar-refractivity contribution in [1.29, 1.82) is 0 Å². The Morgan fingerprint density at radius 2 is 1.91 bits per heavy atom. The molecule has 0 atom stereocenters. The van der Waals surface area contributed by atoms with Gasteiger partial charge in [-0.2, -0.15) is 0 Å². The molecule has 7 heteroatoms. The van der Waals surface area contributed by atoms with Gasteiger partial charge < -0.3 is 9.88 Å². The highest BCUT2D eigenvalue weighted by Gasteiger charge is 2.25. The second-order valence-electron chi connectivity index (χ2n) is 8.15. The first kappa shape index (κ1) is 22.4. The fraction of sp³-hybridized carbons (Fsp3) is 0.111. The van der Waals surface area contributed by atoms with E-state index in [1.165, 1.54) is 17.8 Å². The number of thioether (sulfide) groups is 1. The van der Waals surface area contributed by atoms with Crippen LogP contribution in [0.4, 0.5) is 10.1 Å². The van der Waals surface area contributed by atoms with Crippen LogP contribution in [-0.2, 0) is 11.3 Å². The molecule has 0 radical (unpaired) electrons. The summed E-state index contributed by atoms with van der Waals surface area (Å²) in [5.41, 5.74) is 5.53. The number of carbonyl (C=O) groups excluding carboxylic acids is 1. The highest BCUT2D eigenvalue weighted by Crippen LogP contribution is 2.34. The first-order valence-corrected chi connectivity index (χ1v) is 12.0. The van der Waals surface area contributed by atoms with Crippen LogP contribution < -0.4 is 5.32 Å². The summed E-state index contributed by atoms with van der Waals surface area (Å²) in [6, 6.07) is 20.2. The molecule has 0 aliphatic carbocycles. The SMILES string of the molecule is Cc1ccc(N=C2NC(=O)/C(=C/c3c(C)n(Cc4cccc(F)c4)c4ccccc34)S2)cc1Cl. The second-order valence-corrected chi connectivity index (χ2v) is 9.59. The van der Waals surface area contributed by atoms with E-state index in [0.29, 0.717) is 27.3 Å². The first-order chi connectivity index (χ1) is 16.4. The molecule has 0 unspecified atom stereocenters.